The van der Waals surface area contributed by atoms with E-state index in [9.17, 15) is 19.7 Å². The molecule has 2 aromatic rings. The molecule has 9 heteroatoms. The smallest absolute Gasteiger partial charge is 0.292 e. The number of nitro benzene ring substituents is 1. The second-order valence-corrected chi connectivity index (χ2v) is 4.52. The summed E-state index contributed by atoms with van der Waals surface area (Å²) >= 11 is 0. The number of carbonyl (C=O) groups is 2. The molecule has 0 saturated carbocycles. The van der Waals surface area contributed by atoms with E-state index in [-0.39, 0.29) is 35.8 Å². The first kappa shape index (κ1) is 16.0. The van der Waals surface area contributed by atoms with E-state index in [0.29, 0.717) is 0 Å². The van der Waals surface area contributed by atoms with Crippen molar-refractivity contribution in [3.8, 4) is 0 Å². The van der Waals surface area contributed by atoms with Gasteiger partial charge in [-0.15, -0.1) is 0 Å². The number of carbonyl (C=O) groups excluding carboxylic acids is 2. The van der Waals surface area contributed by atoms with Crippen LogP contribution in [0.25, 0.3) is 0 Å². The minimum absolute atomic E-state index is 0.0164. The Morgan fingerprint density at radius 1 is 1.17 bits per heavy atom. The molecule has 0 radical (unpaired) electrons. The molecule has 120 valence electrons. The van der Waals surface area contributed by atoms with Gasteiger partial charge in [-0.3, -0.25) is 19.7 Å². The van der Waals surface area contributed by atoms with Gasteiger partial charge in [0.2, 0.25) is 0 Å². The first-order valence-electron chi connectivity index (χ1n) is 6.63. The number of benzene rings is 1. The van der Waals surface area contributed by atoms with Gasteiger partial charge >= 0.3 is 0 Å². The zero-order chi connectivity index (χ0) is 16.8. The molecule has 0 aliphatic heterocycles. The zero-order valence-electron chi connectivity index (χ0n) is 11.9. The van der Waals surface area contributed by atoms with Crippen LogP contribution in [0.15, 0.2) is 41.0 Å². The standard InChI is InChI=1S/C14H14N4O5/c15-10-4-3-9(8-11(10)18(21)22)13(19)16-5-6-17-14(20)12-2-1-7-23-12/h1-4,7-8H,5-6,15H2,(H,16,19)(H,17,20). The van der Waals surface area contributed by atoms with Crippen LogP contribution in [0.3, 0.4) is 0 Å². The van der Waals surface area contributed by atoms with Gasteiger partial charge in [0.05, 0.1) is 11.2 Å². The van der Waals surface area contributed by atoms with E-state index in [2.05, 4.69) is 10.6 Å². The summed E-state index contributed by atoms with van der Waals surface area (Å²) in [6, 6.07) is 6.89. The Balaban J connectivity index is 1.84. The molecule has 2 amide bonds. The van der Waals surface area contributed by atoms with Gasteiger partial charge < -0.3 is 20.8 Å². The average molecular weight is 318 g/mol. The SMILES string of the molecule is Nc1ccc(C(=O)NCCNC(=O)c2ccco2)cc1[N+](=O)[O-]. The van der Waals surface area contributed by atoms with Gasteiger partial charge in [-0.05, 0) is 24.3 Å². The van der Waals surface area contributed by atoms with Gasteiger partial charge in [-0.25, -0.2) is 0 Å². The third kappa shape index (κ3) is 4.06. The van der Waals surface area contributed by atoms with Crippen LogP contribution in [0.5, 0.6) is 0 Å². The number of nitrogens with two attached hydrogens (primary N) is 1. The zero-order valence-corrected chi connectivity index (χ0v) is 11.9. The van der Waals surface area contributed by atoms with Crippen LogP contribution in [0, 0.1) is 10.1 Å². The lowest BCUT2D eigenvalue weighted by atomic mass is 10.1. The fourth-order valence-corrected chi connectivity index (χ4v) is 1.79. The maximum absolute atomic E-state index is 11.9. The summed E-state index contributed by atoms with van der Waals surface area (Å²) in [6.45, 7) is 0.339. The predicted octanol–water partition coefficient (Wildman–Crippen LogP) is 0.930. The molecular weight excluding hydrogens is 304 g/mol. The van der Waals surface area contributed by atoms with E-state index in [1.807, 2.05) is 0 Å². The molecule has 0 fully saturated rings. The summed E-state index contributed by atoms with van der Waals surface area (Å²) in [6.07, 6.45) is 1.38. The van der Waals surface area contributed by atoms with Gasteiger partial charge in [0.1, 0.15) is 5.69 Å². The molecular formula is C14H14N4O5. The Morgan fingerprint density at radius 3 is 2.48 bits per heavy atom. The quantitative estimate of drug-likeness (QED) is 0.313. The van der Waals surface area contributed by atoms with Crippen LogP contribution in [-0.2, 0) is 0 Å². The second kappa shape index (κ2) is 7.07. The molecule has 4 N–H and O–H groups in total. The minimum atomic E-state index is -0.657. The predicted molar refractivity (Wildman–Crippen MR) is 80.9 cm³/mol. The van der Waals surface area contributed by atoms with Crippen molar-refractivity contribution in [3.63, 3.8) is 0 Å². The maximum Gasteiger partial charge on any atom is 0.292 e. The summed E-state index contributed by atoms with van der Waals surface area (Å²) in [4.78, 5) is 33.6. The van der Waals surface area contributed by atoms with Crippen molar-refractivity contribution in [2.24, 2.45) is 0 Å². The third-order valence-electron chi connectivity index (χ3n) is 2.93. The van der Waals surface area contributed by atoms with Crippen molar-refractivity contribution < 1.29 is 18.9 Å². The summed E-state index contributed by atoms with van der Waals surface area (Å²) < 4.78 is 4.91. The number of hydrogen-bond donors (Lipinski definition) is 3. The monoisotopic (exact) mass is 318 g/mol. The highest BCUT2D eigenvalue weighted by Crippen LogP contribution is 2.22. The van der Waals surface area contributed by atoms with Gasteiger partial charge in [0, 0.05) is 24.7 Å². The number of furan rings is 1. The first-order valence-corrected chi connectivity index (χ1v) is 6.63. The molecule has 0 spiro atoms. The van der Waals surface area contributed by atoms with Crippen LogP contribution in [0.4, 0.5) is 11.4 Å². The van der Waals surface area contributed by atoms with Crippen molar-refractivity contribution >= 4 is 23.2 Å². The molecule has 0 aliphatic carbocycles. The number of nitrogen functional groups attached to an aromatic ring is 1. The van der Waals surface area contributed by atoms with Crippen molar-refractivity contribution in [1.29, 1.82) is 0 Å². The van der Waals surface area contributed by atoms with E-state index in [1.165, 1.54) is 24.5 Å². The molecule has 0 aliphatic rings. The lowest BCUT2D eigenvalue weighted by molar-refractivity contribution is -0.383. The fraction of sp³-hybridized carbons (Fsp3) is 0.143. The van der Waals surface area contributed by atoms with Gasteiger partial charge in [0.15, 0.2) is 5.76 Å². The Morgan fingerprint density at radius 2 is 1.87 bits per heavy atom. The van der Waals surface area contributed by atoms with Gasteiger partial charge in [-0.1, -0.05) is 0 Å². The van der Waals surface area contributed by atoms with Crippen LogP contribution in [-0.4, -0.2) is 29.8 Å². The lowest BCUT2D eigenvalue weighted by Crippen LogP contribution is -2.34. The highest BCUT2D eigenvalue weighted by atomic mass is 16.6. The largest absolute Gasteiger partial charge is 0.459 e. The molecule has 0 atom stereocenters. The van der Waals surface area contributed by atoms with Gasteiger partial charge in [-0.2, -0.15) is 0 Å². The Bertz CT molecular complexity index is 727. The molecule has 1 aromatic heterocycles. The minimum Gasteiger partial charge on any atom is -0.459 e. The highest BCUT2D eigenvalue weighted by molar-refractivity contribution is 5.95. The van der Waals surface area contributed by atoms with Crippen LogP contribution in [0.1, 0.15) is 20.9 Å². The van der Waals surface area contributed by atoms with E-state index >= 15 is 0 Å². The molecule has 1 heterocycles. The summed E-state index contributed by atoms with van der Waals surface area (Å²) in [5.74, 6) is -0.724. The van der Waals surface area contributed by atoms with E-state index < -0.39 is 16.7 Å². The molecule has 1 aromatic carbocycles. The van der Waals surface area contributed by atoms with Crippen molar-refractivity contribution in [1.82, 2.24) is 10.6 Å². The van der Waals surface area contributed by atoms with E-state index in [1.54, 1.807) is 6.07 Å². The number of rotatable bonds is 6. The molecule has 0 unspecified atom stereocenters. The number of nitrogens with one attached hydrogen (secondary N) is 2. The summed E-state index contributed by atoms with van der Waals surface area (Å²) in [7, 11) is 0. The Labute approximate surface area is 130 Å². The number of hydrogen-bond acceptors (Lipinski definition) is 6. The van der Waals surface area contributed by atoms with E-state index in [4.69, 9.17) is 10.2 Å². The number of nitro groups is 1. The second-order valence-electron chi connectivity index (χ2n) is 4.52. The first-order chi connectivity index (χ1) is 11.0. The van der Waals surface area contributed by atoms with E-state index in [0.717, 1.165) is 6.07 Å². The summed E-state index contributed by atoms with van der Waals surface area (Å²) in [5, 5.41) is 15.9. The maximum atomic E-state index is 11.9. The number of nitrogens with zero attached hydrogens (tertiary/aromatic N) is 1. The molecule has 9 nitrogen and oxygen atoms in total. The molecule has 2 rings (SSSR count). The fourth-order valence-electron chi connectivity index (χ4n) is 1.79. The third-order valence-corrected chi connectivity index (χ3v) is 2.93. The number of amides is 2. The molecule has 0 bridgehead atoms. The topological polar surface area (TPSA) is 140 Å². The Hall–Kier alpha value is -3.36. The van der Waals surface area contributed by atoms with Crippen molar-refractivity contribution in [3.05, 3.63) is 58.0 Å². The number of anilines is 1. The summed E-state index contributed by atoms with van der Waals surface area (Å²) in [5.41, 5.74) is 5.23. The van der Waals surface area contributed by atoms with Crippen LogP contribution in [0.2, 0.25) is 0 Å². The van der Waals surface area contributed by atoms with Crippen LogP contribution >= 0.6 is 0 Å². The average Bonchev–Trinajstić information content (AvgIpc) is 3.05. The van der Waals surface area contributed by atoms with Crippen molar-refractivity contribution in [2.75, 3.05) is 18.8 Å². The van der Waals surface area contributed by atoms with Crippen molar-refractivity contribution in [2.45, 2.75) is 0 Å². The lowest BCUT2D eigenvalue weighted by Gasteiger charge is -2.07. The molecule has 23 heavy (non-hydrogen) atoms. The van der Waals surface area contributed by atoms with Crippen LogP contribution < -0.4 is 16.4 Å². The molecule has 0 saturated heterocycles. The van der Waals surface area contributed by atoms with Gasteiger partial charge in [0.25, 0.3) is 17.5 Å². The highest BCUT2D eigenvalue weighted by Gasteiger charge is 2.15. The Kier molecular flexibility index (Phi) is 4.92. The normalized spacial score (nSPS) is 10.1.